The second-order valence-electron chi connectivity index (χ2n) is 10.4. The van der Waals surface area contributed by atoms with Gasteiger partial charge in [0.05, 0.1) is 11.1 Å². The Hall–Kier alpha value is -6.28. The molecule has 0 spiro atoms. The van der Waals surface area contributed by atoms with Gasteiger partial charge in [0.25, 0.3) is 11.8 Å². The van der Waals surface area contributed by atoms with E-state index in [0.29, 0.717) is 49.1 Å². The van der Waals surface area contributed by atoms with Crippen molar-refractivity contribution in [2.75, 3.05) is 10.6 Å². The van der Waals surface area contributed by atoms with E-state index in [-0.39, 0.29) is 27.6 Å². The van der Waals surface area contributed by atoms with Gasteiger partial charge in [-0.15, -0.1) is 0 Å². The lowest BCUT2D eigenvalue weighted by Crippen LogP contribution is -2.17. The highest BCUT2D eigenvalue weighted by atomic mass is 16.4. The van der Waals surface area contributed by atoms with Gasteiger partial charge in [-0.05, 0) is 80.8 Å². The minimum atomic E-state index is -1.24. The highest BCUT2D eigenvalue weighted by Crippen LogP contribution is 2.44. The number of nitrogens with one attached hydrogen (secondary N) is 2. The summed E-state index contributed by atoms with van der Waals surface area (Å²) in [6.07, 6.45) is 0. The van der Waals surface area contributed by atoms with Crippen LogP contribution in [0.3, 0.4) is 0 Å². The van der Waals surface area contributed by atoms with Crippen LogP contribution in [0.1, 0.15) is 41.4 Å². The van der Waals surface area contributed by atoms with E-state index in [2.05, 4.69) is 10.6 Å². The zero-order valence-electron chi connectivity index (χ0n) is 22.9. The van der Waals surface area contributed by atoms with E-state index < -0.39 is 23.8 Å². The van der Waals surface area contributed by atoms with Gasteiger partial charge in [0.1, 0.15) is 0 Å². The van der Waals surface area contributed by atoms with Gasteiger partial charge in [-0.3, -0.25) is 9.59 Å². The number of para-hydroxylation sites is 2. The Morgan fingerprint density at radius 1 is 0.386 bits per heavy atom. The Labute approximate surface area is 249 Å². The fraction of sp³-hybridized carbons (Fsp3) is 0. The van der Waals surface area contributed by atoms with Gasteiger partial charge >= 0.3 is 11.9 Å². The maximum absolute atomic E-state index is 13.8. The van der Waals surface area contributed by atoms with Gasteiger partial charge in [0.15, 0.2) is 0 Å². The predicted octanol–water partition coefficient (Wildman–Crippen LogP) is 7.64. The quantitative estimate of drug-likeness (QED) is 0.118. The number of carbonyl (C=O) groups excluding carboxylic acids is 2. The van der Waals surface area contributed by atoms with Gasteiger partial charge in [0, 0.05) is 33.3 Å². The standard InChI is InChI=1S/C36H22N2O6/c39-33(37-19-7-3-1-4-8-19)25-15-11-21-23-13-17-27(35(41)42)32-28(36(43)44)18-14-24(30(23)32)22-12-16-26(31(25)29(21)22)34(40)38-20-9-5-2-6-10-20/h1-18H,(H,37,39)(H,38,40)(H,41,42)(H,43,44). The minimum absolute atomic E-state index is 0.121. The van der Waals surface area contributed by atoms with Crippen LogP contribution in [0.25, 0.3) is 43.1 Å². The zero-order valence-corrected chi connectivity index (χ0v) is 22.9. The number of hydrogen-bond donors (Lipinski definition) is 4. The van der Waals surface area contributed by atoms with Crippen LogP contribution >= 0.6 is 0 Å². The molecule has 0 atom stereocenters. The molecule has 7 rings (SSSR count). The molecule has 2 amide bonds. The molecule has 8 nitrogen and oxygen atoms in total. The molecule has 7 aromatic carbocycles. The molecule has 4 N–H and O–H groups in total. The molecule has 0 aliphatic heterocycles. The van der Waals surface area contributed by atoms with Crippen LogP contribution in [-0.2, 0) is 0 Å². The number of rotatable bonds is 6. The van der Waals surface area contributed by atoms with Crippen LogP contribution in [0.4, 0.5) is 11.4 Å². The molecule has 0 aromatic heterocycles. The molecule has 212 valence electrons. The third-order valence-electron chi connectivity index (χ3n) is 7.92. The van der Waals surface area contributed by atoms with Crippen molar-refractivity contribution in [1.82, 2.24) is 0 Å². The Bertz CT molecular complexity index is 2160. The predicted molar refractivity (Wildman–Crippen MR) is 170 cm³/mol. The largest absolute Gasteiger partial charge is 0.478 e. The van der Waals surface area contributed by atoms with Crippen molar-refractivity contribution in [3.8, 4) is 0 Å². The number of aromatic carboxylic acids is 2. The lowest BCUT2D eigenvalue weighted by atomic mass is 9.84. The van der Waals surface area contributed by atoms with Crippen LogP contribution in [0, 0.1) is 0 Å². The molecule has 0 radical (unpaired) electrons. The van der Waals surface area contributed by atoms with E-state index in [9.17, 15) is 29.4 Å². The van der Waals surface area contributed by atoms with E-state index in [1.807, 2.05) is 12.1 Å². The number of carboxylic acid groups (broad SMARTS) is 2. The fourth-order valence-electron chi connectivity index (χ4n) is 6.06. The first-order chi connectivity index (χ1) is 21.3. The van der Waals surface area contributed by atoms with E-state index in [4.69, 9.17) is 0 Å². The van der Waals surface area contributed by atoms with Crippen molar-refractivity contribution in [1.29, 1.82) is 0 Å². The second kappa shape index (κ2) is 10.2. The third kappa shape index (κ3) is 4.16. The number of carboxylic acids is 2. The first kappa shape index (κ1) is 26.6. The van der Waals surface area contributed by atoms with Crippen LogP contribution < -0.4 is 10.6 Å². The average Bonchev–Trinajstić information content (AvgIpc) is 3.03. The van der Waals surface area contributed by atoms with Crippen molar-refractivity contribution < 1.29 is 29.4 Å². The van der Waals surface area contributed by atoms with Crippen molar-refractivity contribution in [3.05, 3.63) is 131 Å². The minimum Gasteiger partial charge on any atom is -0.478 e. The van der Waals surface area contributed by atoms with Crippen molar-refractivity contribution in [2.45, 2.75) is 0 Å². The third-order valence-corrected chi connectivity index (χ3v) is 7.92. The first-order valence-electron chi connectivity index (χ1n) is 13.7. The number of carbonyl (C=O) groups is 4. The molecule has 0 fully saturated rings. The van der Waals surface area contributed by atoms with E-state index in [1.165, 1.54) is 12.1 Å². The Morgan fingerprint density at radius 2 is 0.705 bits per heavy atom. The molecule has 8 heteroatoms. The van der Waals surface area contributed by atoms with E-state index in [1.54, 1.807) is 84.9 Å². The summed E-state index contributed by atoms with van der Waals surface area (Å²) in [6.45, 7) is 0. The lowest BCUT2D eigenvalue weighted by molar-refractivity contribution is 0.0695. The van der Waals surface area contributed by atoms with Crippen molar-refractivity contribution >= 4 is 78.2 Å². The van der Waals surface area contributed by atoms with E-state index in [0.717, 1.165) is 0 Å². The Kier molecular flexibility index (Phi) is 6.18. The topological polar surface area (TPSA) is 133 Å². The zero-order chi connectivity index (χ0) is 30.5. The smallest absolute Gasteiger partial charge is 0.336 e. The fourth-order valence-corrected chi connectivity index (χ4v) is 6.06. The maximum Gasteiger partial charge on any atom is 0.336 e. The van der Waals surface area contributed by atoms with Crippen molar-refractivity contribution in [2.24, 2.45) is 0 Å². The molecule has 44 heavy (non-hydrogen) atoms. The molecule has 0 unspecified atom stereocenters. The molecule has 0 bridgehead atoms. The van der Waals surface area contributed by atoms with Crippen LogP contribution in [0.2, 0.25) is 0 Å². The molecule has 0 saturated carbocycles. The Morgan fingerprint density at radius 3 is 1.05 bits per heavy atom. The van der Waals surface area contributed by atoms with Gasteiger partial charge in [0.2, 0.25) is 0 Å². The molecule has 0 heterocycles. The monoisotopic (exact) mass is 578 g/mol. The Balaban J connectivity index is 1.58. The number of amides is 2. The van der Waals surface area contributed by atoms with Crippen LogP contribution in [0.5, 0.6) is 0 Å². The summed E-state index contributed by atoms with van der Waals surface area (Å²) in [4.78, 5) is 52.0. The number of hydrogen-bond acceptors (Lipinski definition) is 4. The molecular formula is C36H22N2O6. The molecule has 0 saturated heterocycles. The SMILES string of the molecule is O=C(O)c1ccc2c3ccc(C(=O)Nc4ccccc4)c4c(C(=O)Nc5ccccc5)ccc(c5ccc(C(=O)O)c1c25)c43. The summed E-state index contributed by atoms with van der Waals surface area (Å²) in [5, 5.41) is 29.9. The van der Waals surface area contributed by atoms with Gasteiger partial charge < -0.3 is 20.8 Å². The average molecular weight is 579 g/mol. The van der Waals surface area contributed by atoms with Gasteiger partial charge in [-0.1, -0.05) is 60.7 Å². The van der Waals surface area contributed by atoms with E-state index >= 15 is 0 Å². The summed E-state index contributed by atoms with van der Waals surface area (Å²) in [7, 11) is 0. The summed E-state index contributed by atoms with van der Waals surface area (Å²) >= 11 is 0. The summed E-state index contributed by atoms with van der Waals surface area (Å²) in [5.41, 5.74) is 1.48. The maximum atomic E-state index is 13.8. The normalized spacial score (nSPS) is 11.3. The van der Waals surface area contributed by atoms with Crippen molar-refractivity contribution in [3.63, 3.8) is 0 Å². The highest BCUT2D eigenvalue weighted by molar-refractivity contribution is 6.39. The highest BCUT2D eigenvalue weighted by Gasteiger charge is 2.26. The molecular weight excluding hydrogens is 556 g/mol. The summed E-state index contributed by atoms with van der Waals surface area (Å²) in [6, 6.07) is 30.9. The molecule has 0 aliphatic rings. The van der Waals surface area contributed by atoms with Crippen LogP contribution in [-0.4, -0.2) is 34.0 Å². The van der Waals surface area contributed by atoms with Gasteiger partial charge in [-0.2, -0.15) is 0 Å². The number of anilines is 2. The molecule has 7 aromatic rings. The summed E-state index contributed by atoms with van der Waals surface area (Å²) < 4.78 is 0. The number of fused-ring (bicyclic) bond motifs is 2. The summed E-state index contributed by atoms with van der Waals surface area (Å²) in [5.74, 6) is -3.31. The lowest BCUT2D eigenvalue weighted by Gasteiger charge is -2.20. The van der Waals surface area contributed by atoms with Gasteiger partial charge in [-0.25, -0.2) is 9.59 Å². The second-order valence-corrected chi connectivity index (χ2v) is 10.4. The number of benzene rings is 7. The first-order valence-corrected chi connectivity index (χ1v) is 13.7. The van der Waals surface area contributed by atoms with Crippen LogP contribution in [0.15, 0.2) is 109 Å². The molecule has 0 aliphatic carbocycles.